The summed E-state index contributed by atoms with van der Waals surface area (Å²) in [6.07, 6.45) is 3.70. The third kappa shape index (κ3) is 4.36. The van der Waals surface area contributed by atoms with Crippen LogP contribution in [0.3, 0.4) is 0 Å². The van der Waals surface area contributed by atoms with Gasteiger partial charge in [0.1, 0.15) is 11.6 Å². The summed E-state index contributed by atoms with van der Waals surface area (Å²) in [7, 11) is 0. The number of imidazole rings is 1. The van der Waals surface area contributed by atoms with Gasteiger partial charge in [0.2, 0.25) is 0 Å². The molecule has 3 heterocycles. The molecule has 2 aromatic heterocycles. The first-order valence-corrected chi connectivity index (χ1v) is 10.8. The number of morpholine rings is 1. The number of halogens is 1. The zero-order valence-electron chi connectivity index (χ0n) is 17.4. The van der Waals surface area contributed by atoms with Gasteiger partial charge in [0.25, 0.3) is 0 Å². The van der Waals surface area contributed by atoms with Crippen molar-refractivity contribution in [2.45, 2.75) is 12.8 Å². The second-order valence-corrected chi connectivity index (χ2v) is 7.85. The fourth-order valence-electron chi connectivity index (χ4n) is 4.16. The van der Waals surface area contributed by atoms with Crippen LogP contribution in [0.1, 0.15) is 12.2 Å². The minimum absolute atomic E-state index is 0.249. The van der Waals surface area contributed by atoms with Gasteiger partial charge >= 0.3 is 0 Å². The number of aromatic nitrogens is 3. The molecule has 0 atom stereocenters. The number of nitrogens with zero attached hydrogens (tertiary/aromatic N) is 3. The van der Waals surface area contributed by atoms with E-state index in [0.29, 0.717) is 0 Å². The van der Waals surface area contributed by atoms with Gasteiger partial charge in [-0.1, -0.05) is 18.2 Å². The first-order valence-electron chi connectivity index (χ1n) is 10.8. The van der Waals surface area contributed by atoms with Gasteiger partial charge < -0.3 is 9.72 Å². The molecule has 1 N–H and O–H groups in total. The molecule has 0 unspecified atom stereocenters. The summed E-state index contributed by atoms with van der Waals surface area (Å²) in [5.41, 5.74) is 4.68. The number of ether oxygens (including phenoxy) is 1. The molecule has 0 radical (unpaired) electrons. The van der Waals surface area contributed by atoms with Gasteiger partial charge in [0.05, 0.1) is 30.1 Å². The Hall–Kier alpha value is -3.09. The Kier molecular flexibility index (Phi) is 5.74. The zero-order valence-corrected chi connectivity index (χ0v) is 17.4. The molecule has 2 aromatic carbocycles. The van der Waals surface area contributed by atoms with Crippen molar-refractivity contribution < 1.29 is 9.13 Å². The molecule has 5 nitrogen and oxygen atoms in total. The lowest BCUT2D eigenvalue weighted by Crippen LogP contribution is -2.36. The van der Waals surface area contributed by atoms with E-state index < -0.39 is 0 Å². The molecule has 5 rings (SSSR count). The highest BCUT2D eigenvalue weighted by molar-refractivity contribution is 5.96. The smallest absolute Gasteiger partial charge is 0.123 e. The van der Waals surface area contributed by atoms with Crippen LogP contribution in [-0.2, 0) is 11.2 Å². The molecule has 1 fully saturated rings. The number of nitrogens with one attached hydrogen (secondary N) is 1. The fraction of sp³-hybridized carbons (Fsp3) is 0.280. The standard InChI is InChI=1S/C25H25FN4O/c26-19-9-7-18(8-10-19)24-25(21-11-12-27-22-5-2-1-4-20(21)22)29-23(28-24)6-3-13-30-14-16-31-17-15-30/h1-2,4-5,7-12H,3,6,13-17H2,(H,28,29). The van der Waals surface area contributed by atoms with E-state index >= 15 is 0 Å². The maximum absolute atomic E-state index is 13.5. The molecule has 0 aliphatic carbocycles. The van der Waals surface area contributed by atoms with E-state index in [9.17, 15) is 4.39 Å². The number of pyridine rings is 1. The number of hydrogen-bond donors (Lipinski definition) is 1. The van der Waals surface area contributed by atoms with Crippen molar-refractivity contribution in [3.8, 4) is 22.5 Å². The molecule has 158 valence electrons. The molecule has 31 heavy (non-hydrogen) atoms. The molecule has 4 aromatic rings. The Morgan fingerprint density at radius 3 is 2.65 bits per heavy atom. The van der Waals surface area contributed by atoms with Gasteiger partial charge in [-0.05, 0) is 49.4 Å². The van der Waals surface area contributed by atoms with Crippen molar-refractivity contribution in [1.29, 1.82) is 0 Å². The van der Waals surface area contributed by atoms with E-state index in [2.05, 4.69) is 20.9 Å². The monoisotopic (exact) mass is 416 g/mol. The van der Waals surface area contributed by atoms with Crippen molar-refractivity contribution in [3.63, 3.8) is 0 Å². The normalized spacial score (nSPS) is 14.9. The lowest BCUT2D eigenvalue weighted by atomic mass is 10.0. The van der Waals surface area contributed by atoms with Gasteiger partial charge in [0.15, 0.2) is 0 Å². The highest BCUT2D eigenvalue weighted by atomic mass is 19.1. The average molecular weight is 417 g/mol. The van der Waals surface area contributed by atoms with E-state index in [4.69, 9.17) is 9.72 Å². The van der Waals surface area contributed by atoms with Crippen LogP contribution in [0.5, 0.6) is 0 Å². The van der Waals surface area contributed by atoms with Gasteiger partial charge in [-0.3, -0.25) is 9.88 Å². The van der Waals surface area contributed by atoms with Crippen LogP contribution in [-0.4, -0.2) is 52.7 Å². The Morgan fingerprint density at radius 1 is 1.00 bits per heavy atom. The Morgan fingerprint density at radius 2 is 1.81 bits per heavy atom. The van der Waals surface area contributed by atoms with Gasteiger partial charge in [-0.2, -0.15) is 0 Å². The summed E-state index contributed by atoms with van der Waals surface area (Å²) >= 11 is 0. The summed E-state index contributed by atoms with van der Waals surface area (Å²) in [5.74, 6) is 0.699. The minimum Gasteiger partial charge on any atom is -0.379 e. The third-order valence-corrected chi connectivity index (χ3v) is 5.78. The van der Waals surface area contributed by atoms with E-state index in [1.54, 1.807) is 12.1 Å². The molecule has 6 heteroatoms. The highest BCUT2D eigenvalue weighted by Gasteiger charge is 2.17. The van der Waals surface area contributed by atoms with Gasteiger partial charge in [-0.25, -0.2) is 9.37 Å². The number of benzene rings is 2. The molecule has 1 aliphatic rings. The first kappa shape index (κ1) is 19.8. The number of aromatic amines is 1. The number of H-pyrrole nitrogens is 1. The number of para-hydroxylation sites is 1. The Balaban J connectivity index is 1.48. The van der Waals surface area contributed by atoms with E-state index in [1.165, 1.54) is 12.1 Å². The van der Waals surface area contributed by atoms with Crippen molar-refractivity contribution in [2.75, 3.05) is 32.8 Å². The van der Waals surface area contributed by atoms with Crippen molar-refractivity contribution in [3.05, 3.63) is 72.4 Å². The second kappa shape index (κ2) is 8.96. The van der Waals surface area contributed by atoms with Crippen LogP contribution in [0.2, 0.25) is 0 Å². The van der Waals surface area contributed by atoms with E-state index in [0.717, 1.165) is 84.9 Å². The lowest BCUT2D eigenvalue weighted by Gasteiger charge is -2.26. The Bertz CT molecular complexity index is 1160. The summed E-state index contributed by atoms with van der Waals surface area (Å²) in [6.45, 7) is 4.65. The molecular weight excluding hydrogens is 391 g/mol. The van der Waals surface area contributed by atoms with Gasteiger partial charge in [0, 0.05) is 42.2 Å². The number of aryl methyl sites for hydroxylation is 1. The van der Waals surface area contributed by atoms with Crippen molar-refractivity contribution in [1.82, 2.24) is 19.9 Å². The summed E-state index contributed by atoms with van der Waals surface area (Å²) in [4.78, 5) is 15.4. The molecule has 0 spiro atoms. The zero-order chi connectivity index (χ0) is 21.0. The SMILES string of the molecule is Fc1ccc(-c2nc(CCCN3CCOCC3)[nH]c2-c2ccnc3ccccc23)cc1. The molecule has 0 bridgehead atoms. The van der Waals surface area contributed by atoms with Gasteiger partial charge in [-0.15, -0.1) is 0 Å². The minimum atomic E-state index is -0.249. The molecule has 1 aliphatic heterocycles. The van der Waals surface area contributed by atoms with Crippen LogP contribution >= 0.6 is 0 Å². The second-order valence-electron chi connectivity index (χ2n) is 7.85. The van der Waals surface area contributed by atoms with Crippen LogP contribution < -0.4 is 0 Å². The van der Waals surface area contributed by atoms with Crippen LogP contribution in [0.15, 0.2) is 60.8 Å². The van der Waals surface area contributed by atoms with Crippen LogP contribution in [0, 0.1) is 5.82 Å². The predicted octanol–water partition coefficient (Wildman–Crippen LogP) is 4.70. The van der Waals surface area contributed by atoms with E-state index in [1.807, 2.05) is 30.5 Å². The molecule has 0 saturated carbocycles. The Labute approximate surface area is 180 Å². The van der Waals surface area contributed by atoms with Crippen LogP contribution in [0.4, 0.5) is 4.39 Å². The fourth-order valence-corrected chi connectivity index (χ4v) is 4.16. The number of fused-ring (bicyclic) bond motifs is 1. The highest BCUT2D eigenvalue weighted by Crippen LogP contribution is 2.34. The average Bonchev–Trinajstić information content (AvgIpc) is 3.24. The summed E-state index contributed by atoms with van der Waals surface area (Å²) < 4.78 is 19.0. The number of hydrogen-bond acceptors (Lipinski definition) is 4. The molecule has 1 saturated heterocycles. The quantitative estimate of drug-likeness (QED) is 0.495. The van der Waals surface area contributed by atoms with E-state index in [-0.39, 0.29) is 5.82 Å². The predicted molar refractivity (Wildman–Crippen MR) is 120 cm³/mol. The van der Waals surface area contributed by atoms with Crippen molar-refractivity contribution in [2.24, 2.45) is 0 Å². The topological polar surface area (TPSA) is 54.0 Å². The lowest BCUT2D eigenvalue weighted by molar-refractivity contribution is 0.0374. The summed E-state index contributed by atoms with van der Waals surface area (Å²) in [6, 6.07) is 16.6. The molecular formula is C25H25FN4O. The maximum Gasteiger partial charge on any atom is 0.123 e. The largest absolute Gasteiger partial charge is 0.379 e. The number of rotatable bonds is 6. The summed E-state index contributed by atoms with van der Waals surface area (Å²) in [5, 5.41) is 1.07. The molecule has 0 amide bonds. The van der Waals surface area contributed by atoms with Crippen molar-refractivity contribution >= 4 is 10.9 Å². The van der Waals surface area contributed by atoms with Crippen LogP contribution in [0.25, 0.3) is 33.4 Å². The maximum atomic E-state index is 13.5. The first-order chi connectivity index (χ1) is 15.3. The third-order valence-electron chi connectivity index (χ3n) is 5.78.